The highest BCUT2D eigenvalue weighted by molar-refractivity contribution is 4.79. The Hall–Kier alpha value is -0.0800. The normalized spacial score (nSPS) is 28.8. The van der Waals surface area contributed by atoms with Crippen LogP contribution in [0, 0.1) is 5.92 Å². The van der Waals surface area contributed by atoms with Crippen LogP contribution in [-0.4, -0.2) is 19.1 Å². The second kappa shape index (κ2) is 3.94. The van der Waals surface area contributed by atoms with E-state index < -0.39 is 0 Å². The molecule has 0 aromatic rings. The van der Waals surface area contributed by atoms with Crippen LogP contribution in [0.5, 0.6) is 0 Å². The van der Waals surface area contributed by atoms with E-state index >= 15 is 0 Å². The minimum absolute atomic E-state index is 0.444. The van der Waals surface area contributed by atoms with Gasteiger partial charge in [0.05, 0.1) is 0 Å². The predicted molar refractivity (Wildman–Crippen MR) is 43.9 cm³/mol. The summed E-state index contributed by atoms with van der Waals surface area (Å²) in [6, 6.07) is 0.444. The average Bonchev–Trinajstić information content (AvgIpc) is 2.38. The Bertz CT molecular complexity index is 87.3. The van der Waals surface area contributed by atoms with E-state index in [-0.39, 0.29) is 0 Å². The van der Waals surface area contributed by atoms with Crippen LogP contribution in [0.15, 0.2) is 0 Å². The minimum Gasteiger partial charge on any atom is -0.327 e. The van der Waals surface area contributed by atoms with E-state index in [0.29, 0.717) is 6.04 Å². The molecule has 0 bridgehead atoms. The Morgan fingerprint density at radius 1 is 1.70 bits per heavy atom. The molecule has 60 valence electrons. The van der Waals surface area contributed by atoms with Gasteiger partial charge < -0.3 is 11.1 Å². The van der Waals surface area contributed by atoms with Crippen LogP contribution >= 0.6 is 0 Å². The molecule has 1 aliphatic rings. The average molecular weight is 142 g/mol. The molecule has 1 heterocycles. The van der Waals surface area contributed by atoms with Crippen molar-refractivity contribution in [1.82, 2.24) is 5.32 Å². The Kier molecular flexibility index (Phi) is 3.16. The molecule has 2 heteroatoms. The second-order valence-electron chi connectivity index (χ2n) is 3.21. The smallest absolute Gasteiger partial charge is 0.00796 e. The summed E-state index contributed by atoms with van der Waals surface area (Å²) in [5, 5.41) is 3.33. The maximum absolute atomic E-state index is 5.95. The summed E-state index contributed by atoms with van der Waals surface area (Å²) < 4.78 is 0. The summed E-state index contributed by atoms with van der Waals surface area (Å²) in [5.41, 5.74) is 5.95. The van der Waals surface area contributed by atoms with Gasteiger partial charge >= 0.3 is 0 Å². The lowest BCUT2D eigenvalue weighted by atomic mass is 9.96. The first-order valence-corrected chi connectivity index (χ1v) is 4.31. The minimum atomic E-state index is 0.444. The van der Waals surface area contributed by atoms with Gasteiger partial charge in [-0.2, -0.15) is 0 Å². The lowest BCUT2D eigenvalue weighted by molar-refractivity contribution is 0.427. The quantitative estimate of drug-likeness (QED) is 0.609. The number of hydrogen-bond acceptors (Lipinski definition) is 2. The van der Waals surface area contributed by atoms with E-state index in [2.05, 4.69) is 12.2 Å². The van der Waals surface area contributed by atoms with Gasteiger partial charge in [-0.3, -0.25) is 0 Å². The van der Waals surface area contributed by atoms with Crippen molar-refractivity contribution in [1.29, 1.82) is 0 Å². The van der Waals surface area contributed by atoms with Crippen LogP contribution in [0.4, 0.5) is 0 Å². The third kappa shape index (κ3) is 1.96. The zero-order chi connectivity index (χ0) is 7.40. The van der Waals surface area contributed by atoms with Crippen LogP contribution < -0.4 is 11.1 Å². The predicted octanol–water partition coefficient (Wildman–Crippen LogP) is 0.723. The largest absolute Gasteiger partial charge is 0.327 e. The molecule has 1 unspecified atom stereocenters. The summed E-state index contributed by atoms with van der Waals surface area (Å²) in [4.78, 5) is 0. The summed E-state index contributed by atoms with van der Waals surface area (Å²) in [5.74, 6) is 0.750. The monoisotopic (exact) mass is 142 g/mol. The first-order chi connectivity index (χ1) is 4.84. The van der Waals surface area contributed by atoms with Crippen LogP contribution in [0.25, 0.3) is 0 Å². The third-order valence-corrected chi connectivity index (χ3v) is 2.33. The van der Waals surface area contributed by atoms with E-state index in [1.165, 1.54) is 25.8 Å². The fraction of sp³-hybridized carbons (Fsp3) is 1.00. The molecular weight excluding hydrogens is 124 g/mol. The number of nitrogens with one attached hydrogen (secondary N) is 1. The number of nitrogens with two attached hydrogens (primary N) is 1. The Labute approximate surface area is 63.2 Å². The molecule has 0 radical (unpaired) electrons. The summed E-state index contributed by atoms with van der Waals surface area (Å²) >= 11 is 0. The molecule has 10 heavy (non-hydrogen) atoms. The van der Waals surface area contributed by atoms with Crippen molar-refractivity contribution in [3.63, 3.8) is 0 Å². The third-order valence-electron chi connectivity index (χ3n) is 2.33. The topological polar surface area (TPSA) is 38.0 Å². The summed E-state index contributed by atoms with van der Waals surface area (Å²) in [6.07, 6.45) is 3.69. The SMILES string of the molecule is CCCC(N)[C@@H]1CCNC1. The van der Waals surface area contributed by atoms with E-state index in [1.54, 1.807) is 0 Å². The van der Waals surface area contributed by atoms with Gasteiger partial charge in [-0.05, 0) is 31.8 Å². The van der Waals surface area contributed by atoms with Crippen molar-refractivity contribution in [2.24, 2.45) is 11.7 Å². The van der Waals surface area contributed by atoms with Gasteiger partial charge in [-0.1, -0.05) is 13.3 Å². The number of rotatable bonds is 3. The molecular formula is C8H18N2. The zero-order valence-electron chi connectivity index (χ0n) is 6.77. The van der Waals surface area contributed by atoms with E-state index in [1.807, 2.05) is 0 Å². The van der Waals surface area contributed by atoms with E-state index in [9.17, 15) is 0 Å². The van der Waals surface area contributed by atoms with Crippen LogP contribution in [-0.2, 0) is 0 Å². The Morgan fingerprint density at radius 2 is 2.50 bits per heavy atom. The molecule has 0 spiro atoms. The van der Waals surface area contributed by atoms with Gasteiger partial charge in [0, 0.05) is 6.04 Å². The lowest BCUT2D eigenvalue weighted by Gasteiger charge is -2.16. The molecule has 0 aromatic heterocycles. The highest BCUT2D eigenvalue weighted by Crippen LogP contribution is 2.14. The van der Waals surface area contributed by atoms with Crippen molar-refractivity contribution < 1.29 is 0 Å². The first-order valence-electron chi connectivity index (χ1n) is 4.31. The number of hydrogen-bond donors (Lipinski definition) is 2. The molecule has 1 rings (SSSR count). The van der Waals surface area contributed by atoms with Crippen molar-refractivity contribution >= 4 is 0 Å². The molecule has 0 aromatic carbocycles. The molecule has 1 saturated heterocycles. The van der Waals surface area contributed by atoms with Crippen molar-refractivity contribution in [3.05, 3.63) is 0 Å². The molecule has 0 aliphatic carbocycles. The molecule has 2 atom stereocenters. The molecule has 2 nitrogen and oxygen atoms in total. The lowest BCUT2D eigenvalue weighted by Crippen LogP contribution is -2.31. The molecule has 3 N–H and O–H groups in total. The molecule has 1 fully saturated rings. The van der Waals surface area contributed by atoms with Gasteiger partial charge in [-0.15, -0.1) is 0 Å². The van der Waals surface area contributed by atoms with Gasteiger partial charge in [-0.25, -0.2) is 0 Å². The maximum Gasteiger partial charge on any atom is 0.00796 e. The fourth-order valence-corrected chi connectivity index (χ4v) is 1.61. The van der Waals surface area contributed by atoms with Crippen LogP contribution in [0.2, 0.25) is 0 Å². The van der Waals surface area contributed by atoms with Gasteiger partial charge in [0.2, 0.25) is 0 Å². The standard InChI is InChI=1S/C8H18N2/c1-2-3-8(9)7-4-5-10-6-7/h7-8,10H,2-6,9H2,1H3/t7-,8?/m1/s1. The maximum atomic E-state index is 5.95. The molecule has 1 aliphatic heterocycles. The van der Waals surface area contributed by atoms with Crippen LogP contribution in [0.1, 0.15) is 26.2 Å². The van der Waals surface area contributed by atoms with Crippen molar-refractivity contribution in [2.45, 2.75) is 32.2 Å². The first kappa shape index (κ1) is 8.02. The van der Waals surface area contributed by atoms with Gasteiger partial charge in [0.25, 0.3) is 0 Å². The fourth-order valence-electron chi connectivity index (χ4n) is 1.61. The van der Waals surface area contributed by atoms with E-state index in [0.717, 1.165) is 12.5 Å². The van der Waals surface area contributed by atoms with Gasteiger partial charge in [0.15, 0.2) is 0 Å². The zero-order valence-corrected chi connectivity index (χ0v) is 6.77. The van der Waals surface area contributed by atoms with E-state index in [4.69, 9.17) is 5.73 Å². The molecule has 0 saturated carbocycles. The highest BCUT2D eigenvalue weighted by atomic mass is 14.9. The summed E-state index contributed by atoms with van der Waals surface area (Å²) in [6.45, 7) is 4.51. The Morgan fingerprint density at radius 3 is 3.00 bits per heavy atom. The molecule has 0 amide bonds. The second-order valence-corrected chi connectivity index (χ2v) is 3.21. The van der Waals surface area contributed by atoms with Crippen molar-refractivity contribution in [3.8, 4) is 0 Å². The summed E-state index contributed by atoms with van der Waals surface area (Å²) in [7, 11) is 0. The van der Waals surface area contributed by atoms with Crippen LogP contribution in [0.3, 0.4) is 0 Å². The highest BCUT2D eigenvalue weighted by Gasteiger charge is 2.20. The van der Waals surface area contributed by atoms with Gasteiger partial charge in [0.1, 0.15) is 0 Å². The van der Waals surface area contributed by atoms with Crippen molar-refractivity contribution in [2.75, 3.05) is 13.1 Å². The Balaban J connectivity index is 2.18.